The Bertz CT molecular complexity index is 960. The fourth-order valence-electron chi connectivity index (χ4n) is 2.77. The molecule has 10 N–H and O–H groups in total. The molecule has 0 aliphatic carbocycles. The van der Waals surface area contributed by atoms with Gasteiger partial charge in [0.2, 0.25) is 23.6 Å². The number of aliphatic carboxylic acids is 1. The van der Waals surface area contributed by atoms with Gasteiger partial charge in [0.05, 0.1) is 31.7 Å². The fraction of sp³-hybridized carbons (Fsp3) is 0.389. The molecule has 2 rings (SSSR count). The Morgan fingerprint density at radius 1 is 0.939 bits per heavy atom. The summed E-state index contributed by atoms with van der Waals surface area (Å²) in [6.45, 7) is -0.547. The lowest BCUT2D eigenvalue weighted by atomic mass is 10.1. The Morgan fingerprint density at radius 3 is 2.00 bits per heavy atom. The number of H-pyrrole nitrogens is 2. The minimum atomic E-state index is -1.27. The summed E-state index contributed by atoms with van der Waals surface area (Å²) < 4.78 is 0. The van der Waals surface area contributed by atoms with Crippen LogP contribution in [0.15, 0.2) is 25.0 Å². The summed E-state index contributed by atoms with van der Waals surface area (Å²) in [5.41, 5.74) is 11.7. The van der Waals surface area contributed by atoms with E-state index in [1.54, 1.807) is 0 Å². The van der Waals surface area contributed by atoms with Crippen LogP contribution in [0.25, 0.3) is 0 Å². The normalized spacial score (nSPS) is 13.4. The predicted molar refractivity (Wildman–Crippen MR) is 111 cm³/mol. The number of carboxylic acids is 1. The van der Waals surface area contributed by atoms with Gasteiger partial charge in [0.15, 0.2) is 0 Å². The number of nitrogens with two attached hydrogens (primary N) is 2. The second kappa shape index (κ2) is 11.9. The van der Waals surface area contributed by atoms with Gasteiger partial charge in [0, 0.05) is 36.6 Å². The SMILES string of the molecule is NC(=O)CC(N)C(=O)NC(Cc1cnc[nH]1)C(=O)NCC(=O)NC(Cc1cnc[nH]1)C(=O)O. The first-order valence-electron chi connectivity index (χ1n) is 9.74. The first-order chi connectivity index (χ1) is 15.7. The van der Waals surface area contributed by atoms with Gasteiger partial charge in [-0.3, -0.25) is 19.2 Å². The Labute approximate surface area is 187 Å². The van der Waals surface area contributed by atoms with Crippen LogP contribution in [0.5, 0.6) is 0 Å². The molecule has 4 amide bonds. The summed E-state index contributed by atoms with van der Waals surface area (Å²) >= 11 is 0. The van der Waals surface area contributed by atoms with Crippen molar-refractivity contribution in [1.82, 2.24) is 35.9 Å². The van der Waals surface area contributed by atoms with Crippen LogP contribution >= 0.6 is 0 Å². The van der Waals surface area contributed by atoms with Crippen molar-refractivity contribution in [3.63, 3.8) is 0 Å². The summed E-state index contributed by atoms with van der Waals surface area (Å²) in [6, 6.07) is -3.67. The van der Waals surface area contributed by atoms with E-state index in [0.717, 1.165) is 0 Å². The molecule has 15 nitrogen and oxygen atoms in total. The van der Waals surface area contributed by atoms with E-state index < -0.39 is 60.7 Å². The number of primary amides is 1. The number of aromatic amines is 2. The number of hydrogen-bond acceptors (Lipinski definition) is 8. The highest BCUT2D eigenvalue weighted by molar-refractivity contribution is 5.94. The topological polar surface area (TPSA) is 251 Å². The maximum atomic E-state index is 12.6. The van der Waals surface area contributed by atoms with Gasteiger partial charge in [-0.25, -0.2) is 14.8 Å². The van der Waals surface area contributed by atoms with E-state index >= 15 is 0 Å². The standard InChI is InChI=1S/C18H25N9O6/c19-11(3-14(20)28)16(30)27-12(1-9-4-21-7-24-9)17(31)23-6-15(29)26-13(18(32)33)2-10-5-22-8-25-10/h4-5,7-8,11-13H,1-3,6,19H2,(H2,20,28)(H,21,24)(H,22,25)(H,23,31)(H,26,29)(H,27,30)(H,32,33). The highest BCUT2D eigenvalue weighted by Crippen LogP contribution is 2.01. The molecular formula is C18H25N9O6. The lowest BCUT2D eigenvalue weighted by Crippen LogP contribution is -2.54. The average Bonchev–Trinajstić information content (AvgIpc) is 3.44. The third-order valence-corrected chi connectivity index (χ3v) is 4.41. The molecule has 33 heavy (non-hydrogen) atoms. The summed E-state index contributed by atoms with van der Waals surface area (Å²) in [5.74, 6) is -4.33. The van der Waals surface area contributed by atoms with Crippen molar-refractivity contribution >= 4 is 29.6 Å². The van der Waals surface area contributed by atoms with Gasteiger partial charge >= 0.3 is 5.97 Å². The molecule has 15 heteroatoms. The molecule has 0 radical (unpaired) electrons. The van der Waals surface area contributed by atoms with E-state index in [1.807, 2.05) is 0 Å². The minimum absolute atomic E-state index is 0.0138. The number of rotatable bonds is 13. The van der Waals surface area contributed by atoms with Crippen LogP contribution in [0.1, 0.15) is 17.8 Å². The quantitative estimate of drug-likeness (QED) is 0.145. The molecule has 2 aromatic rings. The van der Waals surface area contributed by atoms with Gasteiger partial charge in [0.25, 0.3) is 0 Å². The molecular weight excluding hydrogens is 438 g/mol. The molecule has 2 aromatic heterocycles. The van der Waals surface area contributed by atoms with Crippen molar-refractivity contribution in [3.05, 3.63) is 36.4 Å². The van der Waals surface area contributed by atoms with E-state index in [2.05, 4.69) is 35.9 Å². The number of imidazole rings is 2. The predicted octanol–water partition coefficient (Wildman–Crippen LogP) is -3.71. The van der Waals surface area contributed by atoms with Crippen LogP contribution in [0.3, 0.4) is 0 Å². The smallest absolute Gasteiger partial charge is 0.326 e. The number of hydrogen-bond donors (Lipinski definition) is 8. The highest BCUT2D eigenvalue weighted by atomic mass is 16.4. The van der Waals surface area contributed by atoms with Crippen molar-refractivity contribution in [2.24, 2.45) is 11.5 Å². The van der Waals surface area contributed by atoms with Crippen molar-refractivity contribution in [3.8, 4) is 0 Å². The summed E-state index contributed by atoms with van der Waals surface area (Å²) in [6.07, 6.45) is 5.15. The van der Waals surface area contributed by atoms with E-state index in [4.69, 9.17) is 11.5 Å². The number of nitrogens with one attached hydrogen (secondary N) is 5. The first-order valence-corrected chi connectivity index (χ1v) is 9.74. The van der Waals surface area contributed by atoms with Crippen LogP contribution in [-0.4, -0.2) is 79.3 Å². The average molecular weight is 463 g/mol. The number of carbonyl (C=O) groups is 5. The van der Waals surface area contributed by atoms with Crippen LogP contribution in [0, 0.1) is 0 Å². The van der Waals surface area contributed by atoms with Gasteiger partial charge in [-0.2, -0.15) is 0 Å². The Hall–Kier alpha value is -4.27. The molecule has 178 valence electrons. The molecule has 0 aromatic carbocycles. The molecule has 0 saturated carbocycles. The van der Waals surface area contributed by atoms with Gasteiger partial charge in [-0.1, -0.05) is 0 Å². The van der Waals surface area contributed by atoms with E-state index in [9.17, 15) is 29.1 Å². The molecule has 2 heterocycles. The van der Waals surface area contributed by atoms with Gasteiger partial charge in [-0.15, -0.1) is 0 Å². The number of carboxylic acid groups (broad SMARTS) is 1. The molecule has 3 atom stereocenters. The molecule has 0 fully saturated rings. The lowest BCUT2D eigenvalue weighted by Gasteiger charge is -2.20. The fourth-order valence-corrected chi connectivity index (χ4v) is 2.77. The monoisotopic (exact) mass is 463 g/mol. The Kier molecular flexibility index (Phi) is 9.05. The molecule has 3 unspecified atom stereocenters. The zero-order chi connectivity index (χ0) is 24.4. The summed E-state index contributed by atoms with van der Waals surface area (Å²) in [7, 11) is 0. The third-order valence-electron chi connectivity index (χ3n) is 4.41. The maximum absolute atomic E-state index is 12.6. The van der Waals surface area contributed by atoms with Crippen LogP contribution in [0.2, 0.25) is 0 Å². The maximum Gasteiger partial charge on any atom is 0.326 e. The number of aromatic nitrogens is 4. The van der Waals surface area contributed by atoms with Crippen molar-refractivity contribution < 1.29 is 29.1 Å². The number of nitrogens with zero attached hydrogens (tertiary/aromatic N) is 2. The lowest BCUT2D eigenvalue weighted by molar-refractivity contribution is -0.141. The second-order valence-electron chi connectivity index (χ2n) is 7.08. The molecule has 0 saturated heterocycles. The highest BCUT2D eigenvalue weighted by Gasteiger charge is 2.26. The minimum Gasteiger partial charge on any atom is -0.480 e. The van der Waals surface area contributed by atoms with E-state index in [1.165, 1.54) is 25.0 Å². The number of amides is 4. The molecule has 0 bridgehead atoms. The molecule has 0 aliphatic rings. The first kappa shape index (κ1) is 25.0. The van der Waals surface area contributed by atoms with E-state index in [0.29, 0.717) is 11.4 Å². The van der Waals surface area contributed by atoms with Gasteiger partial charge in [-0.05, 0) is 0 Å². The van der Waals surface area contributed by atoms with Crippen molar-refractivity contribution in [2.45, 2.75) is 37.4 Å². The van der Waals surface area contributed by atoms with Crippen LogP contribution < -0.4 is 27.4 Å². The van der Waals surface area contributed by atoms with E-state index in [-0.39, 0.29) is 12.8 Å². The summed E-state index contributed by atoms with van der Waals surface area (Å²) in [5, 5.41) is 16.3. The summed E-state index contributed by atoms with van der Waals surface area (Å²) in [4.78, 5) is 72.6. The largest absolute Gasteiger partial charge is 0.480 e. The van der Waals surface area contributed by atoms with Crippen LogP contribution in [0.4, 0.5) is 0 Å². The zero-order valence-corrected chi connectivity index (χ0v) is 17.4. The van der Waals surface area contributed by atoms with Gasteiger partial charge in [0.1, 0.15) is 12.1 Å². The number of carbonyl (C=O) groups excluding carboxylic acids is 4. The Balaban J connectivity index is 1.96. The van der Waals surface area contributed by atoms with Crippen molar-refractivity contribution in [1.29, 1.82) is 0 Å². The Morgan fingerprint density at radius 2 is 1.52 bits per heavy atom. The second-order valence-corrected chi connectivity index (χ2v) is 7.08. The molecule has 0 aliphatic heterocycles. The molecule has 0 spiro atoms. The van der Waals surface area contributed by atoms with Crippen molar-refractivity contribution in [2.75, 3.05) is 6.54 Å². The van der Waals surface area contributed by atoms with Crippen LogP contribution in [-0.2, 0) is 36.8 Å². The third kappa shape index (κ3) is 8.41. The van der Waals surface area contributed by atoms with Gasteiger partial charge < -0.3 is 42.5 Å². The zero-order valence-electron chi connectivity index (χ0n) is 17.4.